The van der Waals surface area contributed by atoms with Gasteiger partial charge < -0.3 is 57.8 Å². The van der Waals surface area contributed by atoms with Crippen LogP contribution in [-0.2, 0) is 58.8 Å². The van der Waals surface area contributed by atoms with Crippen molar-refractivity contribution in [3.63, 3.8) is 0 Å². The average molecular weight is 606 g/mol. The van der Waals surface area contributed by atoms with Crippen LogP contribution < -0.4 is 5.32 Å². The maximum atomic E-state index is 11.6. The number of alkyl carbamates (subject to hydrolysis) is 1. The highest BCUT2D eigenvalue weighted by atomic mass is 16.6. The third kappa shape index (κ3) is 27.8. The fourth-order valence-electron chi connectivity index (χ4n) is 2.92. The molecule has 0 saturated heterocycles. The number of carbonyl (C=O) groups excluding carboxylic acids is 1. The van der Waals surface area contributed by atoms with Crippen LogP contribution >= 0.6 is 0 Å². The lowest BCUT2D eigenvalue weighted by Crippen LogP contribution is -2.28. The van der Waals surface area contributed by atoms with Crippen molar-refractivity contribution >= 4 is 12.1 Å². The Morgan fingerprint density at radius 3 is 1.26 bits per heavy atom. The first kappa shape index (κ1) is 37.6. The van der Waals surface area contributed by atoms with Crippen LogP contribution in [-0.4, -0.2) is 143 Å². The van der Waals surface area contributed by atoms with E-state index in [4.69, 9.17) is 52.5 Å². The predicted octanol–water partition coefficient (Wildman–Crippen LogP) is 1.15. The molecule has 0 spiro atoms. The molecule has 0 aromatic heterocycles. The Bertz CT molecular complexity index is 742. The Hall–Kier alpha value is -2.40. The number of carboxylic acid groups (broad SMARTS) is 1. The molecule has 0 aliphatic heterocycles. The Labute approximate surface area is 247 Å². The minimum atomic E-state index is -0.999. The largest absolute Gasteiger partial charge is 0.480 e. The molecule has 1 aromatic rings. The van der Waals surface area contributed by atoms with Gasteiger partial charge in [-0.25, -0.2) is 9.59 Å². The highest BCUT2D eigenvalue weighted by molar-refractivity contribution is 5.68. The number of hydrogen-bond donors (Lipinski definition) is 2. The summed E-state index contributed by atoms with van der Waals surface area (Å²) in [6.07, 6.45) is -0.475. The number of amides is 1. The fourth-order valence-corrected chi connectivity index (χ4v) is 2.92. The zero-order valence-electron chi connectivity index (χ0n) is 24.4. The van der Waals surface area contributed by atoms with Crippen LogP contribution in [0.2, 0.25) is 0 Å². The lowest BCUT2D eigenvalue weighted by molar-refractivity contribution is -0.142. The van der Waals surface area contributed by atoms with Crippen molar-refractivity contribution in [3.8, 4) is 0 Å². The van der Waals surface area contributed by atoms with Gasteiger partial charge in [-0.1, -0.05) is 30.3 Å². The van der Waals surface area contributed by atoms with Gasteiger partial charge in [0.2, 0.25) is 0 Å². The van der Waals surface area contributed by atoms with Gasteiger partial charge in [0.05, 0.1) is 112 Å². The van der Waals surface area contributed by atoms with Gasteiger partial charge in [-0.3, -0.25) is 0 Å². The molecule has 0 unspecified atom stereocenters. The standard InChI is InChI=1S/C28H47NO13/c30-27(31)25-41-23-22-40-21-20-39-19-18-38-17-16-37-15-14-36-13-12-35-11-10-34-9-8-33-7-6-29-28(32)42-24-26-4-2-1-3-5-26/h1-5H,6-25H2,(H,29,32)(H,30,31). The summed E-state index contributed by atoms with van der Waals surface area (Å²) >= 11 is 0. The molecule has 1 rings (SSSR count). The molecule has 0 heterocycles. The minimum absolute atomic E-state index is 0.233. The molecular weight excluding hydrogens is 558 g/mol. The van der Waals surface area contributed by atoms with Gasteiger partial charge in [0.1, 0.15) is 13.2 Å². The molecule has 14 nitrogen and oxygen atoms in total. The van der Waals surface area contributed by atoms with Gasteiger partial charge in [0.15, 0.2) is 0 Å². The highest BCUT2D eigenvalue weighted by Crippen LogP contribution is 2.00. The van der Waals surface area contributed by atoms with E-state index in [-0.39, 0.29) is 19.8 Å². The smallest absolute Gasteiger partial charge is 0.407 e. The highest BCUT2D eigenvalue weighted by Gasteiger charge is 2.02. The molecule has 2 N–H and O–H groups in total. The molecule has 0 aliphatic carbocycles. The van der Waals surface area contributed by atoms with Crippen LogP contribution in [0.15, 0.2) is 30.3 Å². The van der Waals surface area contributed by atoms with Gasteiger partial charge in [-0.2, -0.15) is 0 Å². The SMILES string of the molecule is O=C(O)COCCOCCOCCOCCOCCOCCOCCOCCOCCNC(=O)OCc1ccccc1. The third-order valence-corrected chi connectivity index (χ3v) is 4.93. The molecule has 0 bridgehead atoms. The molecule has 0 fully saturated rings. The van der Waals surface area contributed by atoms with Gasteiger partial charge in [-0.15, -0.1) is 0 Å². The molecule has 0 saturated carbocycles. The minimum Gasteiger partial charge on any atom is -0.480 e. The zero-order chi connectivity index (χ0) is 30.2. The number of nitrogens with one attached hydrogen (secondary N) is 1. The van der Waals surface area contributed by atoms with E-state index >= 15 is 0 Å². The van der Waals surface area contributed by atoms with Gasteiger partial charge in [0.25, 0.3) is 0 Å². The van der Waals surface area contributed by atoms with Crippen LogP contribution in [0.3, 0.4) is 0 Å². The van der Waals surface area contributed by atoms with E-state index < -0.39 is 12.1 Å². The zero-order valence-corrected chi connectivity index (χ0v) is 24.4. The summed E-state index contributed by atoms with van der Waals surface area (Å²) in [5.74, 6) is -0.999. The monoisotopic (exact) mass is 605 g/mol. The topological polar surface area (TPSA) is 159 Å². The molecule has 1 amide bonds. The van der Waals surface area contributed by atoms with Crippen LogP contribution in [0.1, 0.15) is 5.56 Å². The summed E-state index contributed by atoms with van der Waals surface area (Å²) in [5.41, 5.74) is 0.933. The summed E-state index contributed by atoms with van der Waals surface area (Å²) in [6, 6.07) is 9.48. The second kappa shape index (κ2) is 30.1. The maximum Gasteiger partial charge on any atom is 0.407 e. The van der Waals surface area contributed by atoms with Crippen molar-refractivity contribution in [2.24, 2.45) is 0 Å². The number of ether oxygens (including phenoxy) is 10. The Morgan fingerprint density at radius 1 is 0.524 bits per heavy atom. The van der Waals surface area contributed by atoms with Crippen molar-refractivity contribution in [3.05, 3.63) is 35.9 Å². The summed E-state index contributed by atoms with van der Waals surface area (Å²) in [6.45, 7) is 7.58. The Balaban J connectivity index is 1.66. The number of hydrogen-bond acceptors (Lipinski definition) is 12. The fraction of sp³-hybridized carbons (Fsp3) is 0.714. The lowest BCUT2D eigenvalue weighted by Gasteiger charge is -2.09. The Kier molecular flexibility index (Phi) is 26.9. The van der Waals surface area contributed by atoms with Gasteiger partial charge in [-0.05, 0) is 5.56 Å². The van der Waals surface area contributed by atoms with Crippen molar-refractivity contribution in [2.75, 3.05) is 125 Å². The van der Waals surface area contributed by atoms with Crippen LogP contribution in [0.5, 0.6) is 0 Å². The van der Waals surface area contributed by atoms with Gasteiger partial charge in [0, 0.05) is 6.54 Å². The van der Waals surface area contributed by atoms with Crippen LogP contribution in [0.4, 0.5) is 4.79 Å². The first-order chi connectivity index (χ1) is 20.7. The van der Waals surface area contributed by atoms with E-state index in [0.29, 0.717) is 112 Å². The summed E-state index contributed by atoms with van der Waals surface area (Å²) < 4.78 is 53.1. The van der Waals surface area contributed by atoms with Crippen LogP contribution in [0, 0.1) is 0 Å². The quantitative estimate of drug-likeness (QED) is 0.116. The molecule has 0 aliphatic rings. The van der Waals surface area contributed by atoms with Crippen molar-refractivity contribution in [2.45, 2.75) is 6.61 Å². The van der Waals surface area contributed by atoms with E-state index in [0.717, 1.165) is 5.56 Å². The molecule has 0 radical (unpaired) electrons. The molecule has 1 aromatic carbocycles. The van der Waals surface area contributed by atoms with E-state index in [1.807, 2.05) is 30.3 Å². The first-order valence-electron chi connectivity index (χ1n) is 14.0. The van der Waals surface area contributed by atoms with Crippen LogP contribution in [0.25, 0.3) is 0 Å². The van der Waals surface area contributed by atoms with Crippen molar-refractivity contribution in [1.82, 2.24) is 5.32 Å². The second-order valence-corrected chi connectivity index (χ2v) is 8.33. The molecule has 0 atom stereocenters. The maximum absolute atomic E-state index is 11.6. The average Bonchev–Trinajstić information content (AvgIpc) is 2.99. The van der Waals surface area contributed by atoms with Gasteiger partial charge >= 0.3 is 12.1 Å². The second-order valence-electron chi connectivity index (χ2n) is 8.33. The molecule has 242 valence electrons. The number of carbonyl (C=O) groups is 2. The van der Waals surface area contributed by atoms with E-state index in [1.165, 1.54) is 0 Å². The summed E-state index contributed by atoms with van der Waals surface area (Å²) in [5, 5.41) is 11.0. The number of rotatable bonds is 31. The lowest BCUT2D eigenvalue weighted by atomic mass is 10.2. The summed E-state index contributed by atoms with van der Waals surface area (Å²) in [4.78, 5) is 21.9. The van der Waals surface area contributed by atoms with E-state index in [9.17, 15) is 9.59 Å². The number of benzene rings is 1. The third-order valence-electron chi connectivity index (χ3n) is 4.93. The normalized spacial score (nSPS) is 11.0. The predicted molar refractivity (Wildman–Crippen MR) is 150 cm³/mol. The van der Waals surface area contributed by atoms with Crippen molar-refractivity contribution in [1.29, 1.82) is 0 Å². The molecule has 14 heteroatoms. The Morgan fingerprint density at radius 2 is 0.881 bits per heavy atom. The van der Waals surface area contributed by atoms with E-state index in [2.05, 4.69) is 5.32 Å². The molecule has 42 heavy (non-hydrogen) atoms. The van der Waals surface area contributed by atoms with E-state index in [1.54, 1.807) is 0 Å². The number of aliphatic carboxylic acids is 1. The molecular formula is C28H47NO13. The first-order valence-corrected chi connectivity index (χ1v) is 14.0. The number of carboxylic acids is 1. The van der Waals surface area contributed by atoms with Crippen molar-refractivity contribution < 1.29 is 62.1 Å². The summed E-state index contributed by atoms with van der Waals surface area (Å²) in [7, 11) is 0.